The van der Waals surface area contributed by atoms with Gasteiger partial charge < -0.3 is 5.73 Å². The van der Waals surface area contributed by atoms with Crippen LogP contribution < -0.4 is 5.73 Å². The molecule has 4 saturated carbocycles. The SMILES string of the molecule is CC(N)/C(C#N)=C\C12CC3CC(CC(C3)C1)C2. The summed E-state index contributed by atoms with van der Waals surface area (Å²) in [5, 5.41) is 9.20. The van der Waals surface area contributed by atoms with Gasteiger partial charge in [-0.25, -0.2) is 0 Å². The van der Waals surface area contributed by atoms with Crippen LogP contribution in [0.15, 0.2) is 11.6 Å². The smallest absolute Gasteiger partial charge is 0.0960 e. The van der Waals surface area contributed by atoms with Crippen LogP contribution in [-0.4, -0.2) is 6.04 Å². The Morgan fingerprint density at radius 3 is 2.06 bits per heavy atom. The maximum Gasteiger partial charge on any atom is 0.0960 e. The van der Waals surface area contributed by atoms with Crippen molar-refractivity contribution in [2.45, 2.75) is 51.5 Å². The maximum atomic E-state index is 9.20. The first-order valence-electron chi connectivity index (χ1n) is 6.99. The van der Waals surface area contributed by atoms with Gasteiger partial charge in [0.15, 0.2) is 0 Å². The Bertz CT molecular complexity index is 351. The molecule has 4 aliphatic rings. The zero-order valence-corrected chi connectivity index (χ0v) is 10.7. The average molecular weight is 230 g/mol. The number of nitriles is 1. The molecule has 0 saturated heterocycles. The van der Waals surface area contributed by atoms with Crippen molar-refractivity contribution in [3.8, 4) is 6.07 Å². The summed E-state index contributed by atoms with van der Waals surface area (Å²) in [6.45, 7) is 1.93. The van der Waals surface area contributed by atoms with E-state index in [0.29, 0.717) is 5.41 Å². The lowest BCUT2D eigenvalue weighted by Crippen LogP contribution is -2.45. The van der Waals surface area contributed by atoms with Crippen LogP contribution in [-0.2, 0) is 0 Å². The molecule has 0 aromatic rings. The third-order valence-electron chi connectivity index (χ3n) is 5.17. The molecular weight excluding hydrogens is 208 g/mol. The standard InChI is InChI=1S/C15H22N2/c1-10(17)14(9-16)8-15-5-11-2-12(6-15)4-13(3-11)7-15/h8,10-13H,2-7,17H2,1H3/b14-8-. The Morgan fingerprint density at radius 2 is 1.71 bits per heavy atom. The van der Waals surface area contributed by atoms with Gasteiger partial charge in [-0.2, -0.15) is 5.26 Å². The molecule has 1 unspecified atom stereocenters. The van der Waals surface area contributed by atoms with E-state index in [4.69, 9.17) is 5.73 Å². The van der Waals surface area contributed by atoms with Gasteiger partial charge in [0.1, 0.15) is 0 Å². The van der Waals surface area contributed by atoms with Crippen LogP contribution in [0.4, 0.5) is 0 Å². The normalized spacial score (nSPS) is 45.7. The monoisotopic (exact) mass is 230 g/mol. The third kappa shape index (κ3) is 1.91. The van der Waals surface area contributed by atoms with Crippen LogP contribution in [0.5, 0.6) is 0 Å². The van der Waals surface area contributed by atoms with Crippen LogP contribution >= 0.6 is 0 Å². The van der Waals surface area contributed by atoms with E-state index in [1.807, 2.05) is 6.92 Å². The summed E-state index contributed by atoms with van der Waals surface area (Å²) < 4.78 is 0. The largest absolute Gasteiger partial charge is 0.324 e. The van der Waals surface area contributed by atoms with Crippen molar-refractivity contribution in [2.24, 2.45) is 28.9 Å². The summed E-state index contributed by atoms with van der Waals surface area (Å²) in [6, 6.07) is 2.21. The Morgan fingerprint density at radius 1 is 1.24 bits per heavy atom. The maximum absolute atomic E-state index is 9.20. The van der Waals surface area contributed by atoms with E-state index in [1.54, 1.807) is 0 Å². The van der Waals surface area contributed by atoms with E-state index in [9.17, 15) is 5.26 Å². The molecule has 92 valence electrons. The summed E-state index contributed by atoms with van der Waals surface area (Å²) in [6.07, 6.45) is 10.6. The molecule has 0 aliphatic heterocycles. The molecule has 0 aromatic carbocycles. The number of rotatable bonds is 2. The van der Waals surface area contributed by atoms with Crippen molar-refractivity contribution in [2.75, 3.05) is 0 Å². The predicted octanol–water partition coefficient (Wildman–Crippen LogP) is 3.00. The minimum atomic E-state index is -0.104. The number of nitrogens with zero attached hydrogens (tertiary/aromatic N) is 1. The van der Waals surface area contributed by atoms with Gasteiger partial charge in [-0.1, -0.05) is 6.08 Å². The van der Waals surface area contributed by atoms with Gasteiger partial charge in [-0.05, 0) is 68.6 Å². The van der Waals surface area contributed by atoms with Crippen LogP contribution in [0.3, 0.4) is 0 Å². The second-order valence-electron chi connectivity index (χ2n) is 6.78. The number of hydrogen-bond acceptors (Lipinski definition) is 2. The Hall–Kier alpha value is -0.810. The lowest BCUT2D eigenvalue weighted by Gasteiger charge is -2.56. The number of hydrogen-bond donors (Lipinski definition) is 1. The van der Waals surface area contributed by atoms with E-state index in [-0.39, 0.29) is 6.04 Å². The molecule has 4 rings (SSSR count). The van der Waals surface area contributed by atoms with Crippen LogP contribution in [0, 0.1) is 34.5 Å². The van der Waals surface area contributed by atoms with Gasteiger partial charge in [-0.3, -0.25) is 0 Å². The summed E-state index contributed by atoms with van der Waals surface area (Å²) >= 11 is 0. The Kier molecular flexibility index (Phi) is 2.56. The summed E-state index contributed by atoms with van der Waals surface area (Å²) in [4.78, 5) is 0. The van der Waals surface area contributed by atoms with Gasteiger partial charge in [-0.15, -0.1) is 0 Å². The van der Waals surface area contributed by atoms with Crippen molar-refractivity contribution in [3.63, 3.8) is 0 Å². The summed E-state index contributed by atoms with van der Waals surface area (Å²) in [7, 11) is 0. The van der Waals surface area contributed by atoms with Crippen molar-refractivity contribution in [3.05, 3.63) is 11.6 Å². The molecule has 0 spiro atoms. The average Bonchev–Trinajstić information content (AvgIpc) is 2.23. The molecule has 0 heterocycles. The molecular formula is C15H22N2. The lowest BCUT2D eigenvalue weighted by molar-refractivity contribution is -0.0241. The van der Waals surface area contributed by atoms with Crippen LogP contribution in [0.1, 0.15) is 45.4 Å². The fourth-order valence-corrected chi connectivity index (χ4v) is 4.95. The van der Waals surface area contributed by atoms with Gasteiger partial charge in [0.25, 0.3) is 0 Å². The van der Waals surface area contributed by atoms with Crippen LogP contribution in [0.2, 0.25) is 0 Å². The summed E-state index contributed by atoms with van der Waals surface area (Å²) in [5.41, 5.74) is 7.04. The molecule has 1 atom stereocenters. The highest BCUT2D eigenvalue weighted by atomic mass is 14.6. The number of nitrogens with two attached hydrogens (primary N) is 1. The highest BCUT2D eigenvalue weighted by Gasteiger charge is 2.49. The molecule has 0 aromatic heterocycles. The van der Waals surface area contributed by atoms with E-state index in [1.165, 1.54) is 38.5 Å². The second kappa shape index (κ2) is 3.85. The fraction of sp³-hybridized carbons (Fsp3) is 0.800. The molecule has 0 radical (unpaired) electrons. The molecule has 2 nitrogen and oxygen atoms in total. The predicted molar refractivity (Wildman–Crippen MR) is 68.0 cm³/mol. The van der Waals surface area contributed by atoms with Crippen molar-refractivity contribution < 1.29 is 0 Å². The summed E-state index contributed by atoms with van der Waals surface area (Å²) in [5.74, 6) is 2.81. The highest BCUT2D eigenvalue weighted by molar-refractivity contribution is 5.29. The molecule has 2 N–H and O–H groups in total. The van der Waals surface area contributed by atoms with Crippen molar-refractivity contribution >= 4 is 0 Å². The fourth-order valence-electron chi connectivity index (χ4n) is 4.95. The van der Waals surface area contributed by atoms with Crippen molar-refractivity contribution in [1.82, 2.24) is 0 Å². The van der Waals surface area contributed by atoms with Gasteiger partial charge in [0.2, 0.25) is 0 Å². The van der Waals surface area contributed by atoms with Gasteiger partial charge >= 0.3 is 0 Å². The second-order valence-corrected chi connectivity index (χ2v) is 6.78. The minimum absolute atomic E-state index is 0.104. The molecule has 4 aliphatic carbocycles. The third-order valence-corrected chi connectivity index (χ3v) is 5.17. The minimum Gasteiger partial charge on any atom is -0.324 e. The van der Waals surface area contributed by atoms with Gasteiger partial charge in [0, 0.05) is 11.6 Å². The Balaban J connectivity index is 1.90. The first kappa shape index (κ1) is 11.3. The van der Waals surface area contributed by atoms with E-state index in [2.05, 4.69) is 12.1 Å². The zero-order valence-electron chi connectivity index (χ0n) is 10.7. The van der Waals surface area contributed by atoms with E-state index in [0.717, 1.165) is 23.3 Å². The first-order chi connectivity index (χ1) is 8.10. The molecule has 17 heavy (non-hydrogen) atoms. The van der Waals surface area contributed by atoms with Gasteiger partial charge in [0.05, 0.1) is 6.07 Å². The van der Waals surface area contributed by atoms with Crippen molar-refractivity contribution in [1.29, 1.82) is 5.26 Å². The number of allylic oxidation sites excluding steroid dienone is 1. The highest BCUT2D eigenvalue weighted by Crippen LogP contribution is 2.60. The quantitative estimate of drug-likeness (QED) is 0.741. The Labute approximate surface area is 104 Å². The zero-order chi connectivity index (χ0) is 12.0. The lowest BCUT2D eigenvalue weighted by atomic mass is 9.49. The molecule has 0 amide bonds. The molecule has 4 bridgehead atoms. The first-order valence-corrected chi connectivity index (χ1v) is 6.99. The van der Waals surface area contributed by atoms with E-state index < -0.39 is 0 Å². The van der Waals surface area contributed by atoms with E-state index >= 15 is 0 Å². The topological polar surface area (TPSA) is 49.8 Å². The van der Waals surface area contributed by atoms with Crippen LogP contribution in [0.25, 0.3) is 0 Å². The molecule has 4 fully saturated rings. The molecule has 2 heteroatoms.